The van der Waals surface area contributed by atoms with Crippen molar-refractivity contribution in [3.63, 3.8) is 0 Å². The van der Waals surface area contributed by atoms with E-state index in [0.717, 1.165) is 19.3 Å². The van der Waals surface area contributed by atoms with Crippen molar-refractivity contribution in [3.8, 4) is 11.7 Å². The Hall–Kier alpha value is -0.895. The second-order valence-electron chi connectivity index (χ2n) is 4.33. The summed E-state index contributed by atoms with van der Waals surface area (Å²) in [4.78, 5) is 0. The van der Waals surface area contributed by atoms with Crippen LogP contribution in [0.2, 0.25) is 0 Å². The van der Waals surface area contributed by atoms with Crippen LogP contribution in [0.25, 0.3) is 0 Å². The molecule has 0 fully saturated rings. The Balaban J connectivity index is 4.00. The topological polar surface area (TPSA) is 0 Å². The molecule has 17 heavy (non-hydrogen) atoms. The van der Waals surface area contributed by atoms with Crippen molar-refractivity contribution in [2.75, 3.05) is 0 Å². The predicted octanol–water partition coefficient (Wildman–Crippen LogP) is 5.01. The summed E-state index contributed by atoms with van der Waals surface area (Å²) in [7, 11) is 0. The Kier molecular flexibility index (Phi) is 12.5. The molecule has 0 atom stereocenters. The third kappa shape index (κ3) is 11.4. The molecule has 0 aliphatic rings. The van der Waals surface area contributed by atoms with Crippen LogP contribution in [0, 0.1) is 11.7 Å². The van der Waals surface area contributed by atoms with E-state index in [2.05, 4.69) is 56.6 Å². The maximum absolute atomic E-state index is 3.34. The van der Waals surface area contributed by atoms with Crippen molar-refractivity contribution in [2.45, 2.75) is 65.7 Å². The van der Waals surface area contributed by atoms with Gasteiger partial charge in [0.2, 0.25) is 0 Å². The van der Waals surface area contributed by atoms with Crippen LogP contribution in [0.5, 0.6) is 0 Å². The lowest BCUT2D eigenvalue weighted by Crippen LogP contribution is -2.02. The zero-order valence-corrected chi connectivity index (χ0v) is 11.8. The fraction of sp³-hybridized carbons (Fsp3) is 0.625. The lowest BCUT2D eigenvalue weighted by atomic mass is 9.50. The van der Waals surface area contributed by atoms with Crippen molar-refractivity contribution >= 4 is 6.71 Å². The average Bonchev–Trinajstić information content (AvgIpc) is 2.35. The van der Waals surface area contributed by atoms with E-state index in [1.54, 1.807) is 0 Å². The van der Waals surface area contributed by atoms with Gasteiger partial charge in [0.1, 0.15) is 0 Å². The van der Waals surface area contributed by atoms with Crippen LogP contribution < -0.4 is 0 Å². The van der Waals surface area contributed by atoms with Crippen LogP contribution in [0.15, 0.2) is 24.1 Å². The molecule has 0 bridgehead atoms. The van der Waals surface area contributed by atoms with Crippen molar-refractivity contribution in [2.24, 2.45) is 0 Å². The second kappa shape index (κ2) is 13.2. The van der Waals surface area contributed by atoms with Gasteiger partial charge in [0.05, 0.1) is 0 Å². The highest BCUT2D eigenvalue weighted by Gasteiger charge is 1.84. The molecule has 0 saturated carbocycles. The van der Waals surface area contributed by atoms with E-state index >= 15 is 0 Å². The maximum atomic E-state index is 3.34. The summed E-state index contributed by atoms with van der Waals surface area (Å²) in [5.74, 6) is 11.1. The zero-order chi connectivity index (χ0) is 12.8. The van der Waals surface area contributed by atoms with Crippen LogP contribution in [-0.2, 0) is 0 Å². The standard InChI is InChI=1S/C16H27B/c1-4-7-10-11-12-13-16-17(14-8-5-2)15-9-6-3/h8-9,14-15H,4-7,10-12H2,1-3H3/q-1/b14-8+,15-9+. The lowest BCUT2D eigenvalue weighted by Gasteiger charge is -2.08. The van der Waals surface area contributed by atoms with E-state index in [1.807, 2.05) is 0 Å². The van der Waals surface area contributed by atoms with Crippen LogP contribution in [0.4, 0.5) is 0 Å². The molecule has 1 heteroatoms. The van der Waals surface area contributed by atoms with Gasteiger partial charge in [-0.1, -0.05) is 40.0 Å². The van der Waals surface area contributed by atoms with Crippen molar-refractivity contribution in [3.05, 3.63) is 24.1 Å². The molecule has 1 radical (unpaired) electrons. The summed E-state index contributed by atoms with van der Waals surface area (Å²) < 4.78 is 0. The molecule has 0 aromatic carbocycles. The van der Waals surface area contributed by atoms with Crippen LogP contribution >= 0.6 is 0 Å². The van der Waals surface area contributed by atoms with E-state index in [4.69, 9.17) is 0 Å². The van der Waals surface area contributed by atoms with Gasteiger partial charge in [-0.25, -0.2) is 0 Å². The summed E-state index contributed by atoms with van der Waals surface area (Å²) in [5.41, 5.74) is 0. The van der Waals surface area contributed by atoms with Gasteiger partial charge in [0.25, 0.3) is 0 Å². The minimum atomic E-state index is 0.320. The molecule has 0 nitrogen and oxygen atoms in total. The minimum absolute atomic E-state index is 0.320. The fourth-order valence-corrected chi connectivity index (χ4v) is 1.56. The summed E-state index contributed by atoms with van der Waals surface area (Å²) in [6.45, 7) is 6.89. The van der Waals surface area contributed by atoms with E-state index in [-0.39, 0.29) is 0 Å². The molecule has 0 aliphatic carbocycles. The number of hydrogen-bond donors (Lipinski definition) is 0. The zero-order valence-electron chi connectivity index (χ0n) is 11.8. The van der Waals surface area contributed by atoms with Gasteiger partial charge in [-0.15, -0.1) is 12.2 Å². The first-order chi connectivity index (χ1) is 8.35. The van der Waals surface area contributed by atoms with E-state index in [9.17, 15) is 0 Å². The van der Waals surface area contributed by atoms with E-state index in [0.29, 0.717) is 6.71 Å². The molecular weight excluding hydrogens is 203 g/mol. The molecule has 0 N–H and O–H groups in total. The second-order valence-corrected chi connectivity index (χ2v) is 4.33. The molecule has 0 aromatic heterocycles. The van der Waals surface area contributed by atoms with Gasteiger partial charge in [0.15, 0.2) is 0 Å². The first-order valence-corrected chi connectivity index (χ1v) is 7.16. The van der Waals surface area contributed by atoms with Crippen molar-refractivity contribution in [1.82, 2.24) is 0 Å². The van der Waals surface area contributed by atoms with Crippen molar-refractivity contribution < 1.29 is 0 Å². The molecule has 0 spiro atoms. The highest BCUT2D eigenvalue weighted by atomic mass is 13.9. The first-order valence-electron chi connectivity index (χ1n) is 7.16. The largest absolute Gasteiger partial charge is 0.342 e. The van der Waals surface area contributed by atoms with E-state index < -0.39 is 0 Å². The van der Waals surface area contributed by atoms with Gasteiger partial charge in [-0.05, 0) is 26.0 Å². The Bertz CT molecular complexity index is 251. The fourth-order valence-electron chi connectivity index (χ4n) is 1.56. The molecule has 95 valence electrons. The predicted molar refractivity (Wildman–Crippen MR) is 81.2 cm³/mol. The highest BCUT2D eigenvalue weighted by molar-refractivity contribution is 6.77. The van der Waals surface area contributed by atoms with Gasteiger partial charge in [-0.3, -0.25) is 12.0 Å². The third-order valence-electron chi connectivity index (χ3n) is 2.58. The molecule has 0 aromatic rings. The maximum Gasteiger partial charge on any atom is 0.00495 e. The molecule has 0 saturated heterocycles. The number of hydrogen-bond acceptors (Lipinski definition) is 0. The molecule has 0 heterocycles. The molecule has 0 aliphatic heterocycles. The number of allylic oxidation sites excluding steroid dienone is 2. The van der Waals surface area contributed by atoms with Gasteiger partial charge < -0.3 is 5.82 Å². The lowest BCUT2D eigenvalue weighted by molar-refractivity contribution is 0.680. The highest BCUT2D eigenvalue weighted by Crippen LogP contribution is 2.01. The summed E-state index contributed by atoms with van der Waals surface area (Å²) >= 11 is 0. The Morgan fingerprint density at radius 3 is 2.06 bits per heavy atom. The average molecular weight is 230 g/mol. The summed E-state index contributed by atoms with van der Waals surface area (Å²) in [6, 6.07) is 0. The van der Waals surface area contributed by atoms with Gasteiger partial charge in [0, 0.05) is 6.42 Å². The van der Waals surface area contributed by atoms with Crippen LogP contribution in [0.1, 0.15) is 65.7 Å². The quantitative estimate of drug-likeness (QED) is 0.312. The third-order valence-corrected chi connectivity index (χ3v) is 2.58. The Morgan fingerprint density at radius 1 is 0.882 bits per heavy atom. The number of unbranched alkanes of at least 4 members (excludes halogenated alkanes) is 4. The molecule has 0 unspecified atom stereocenters. The molecule has 0 rings (SSSR count). The normalized spacial score (nSPS) is 11.3. The van der Waals surface area contributed by atoms with Gasteiger partial charge >= 0.3 is 0 Å². The molecular formula is C16H27B-. The SMILES string of the molecule is CC/C=C/[B-](C#CCCCCCC)/C=C/CC. The first kappa shape index (κ1) is 16.1. The Labute approximate surface area is 109 Å². The van der Waals surface area contributed by atoms with E-state index in [1.165, 1.54) is 25.7 Å². The summed E-state index contributed by atoms with van der Waals surface area (Å²) in [5, 5.41) is 0. The smallest absolute Gasteiger partial charge is 0.00495 e. The minimum Gasteiger partial charge on any atom is -0.342 e. The molecule has 0 amide bonds. The Morgan fingerprint density at radius 2 is 1.53 bits per heavy atom. The van der Waals surface area contributed by atoms with Gasteiger partial charge in [-0.2, -0.15) is 5.92 Å². The summed E-state index contributed by atoms with van der Waals surface area (Å²) in [6.07, 6.45) is 12.9. The van der Waals surface area contributed by atoms with Crippen LogP contribution in [-0.4, -0.2) is 6.71 Å². The van der Waals surface area contributed by atoms with Crippen LogP contribution in [0.3, 0.4) is 0 Å². The van der Waals surface area contributed by atoms with Crippen molar-refractivity contribution in [1.29, 1.82) is 0 Å². The monoisotopic (exact) mass is 230 g/mol. The number of rotatable bonds is 8.